The Morgan fingerprint density at radius 3 is 2.59 bits per heavy atom. The number of rotatable bonds is 2. The first-order valence-electron chi connectivity index (χ1n) is 5.15. The Balaban J connectivity index is 2.41. The van der Waals surface area contributed by atoms with Gasteiger partial charge in [-0.25, -0.2) is 8.78 Å². The van der Waals surface area contributed by atoms with Crippen LogP contribution in [-0.2, 0) is 0 Å². The molecule has 0 aromatic heterocycles. The summed E-state index contributed by atoms with van der Waals surface area (Å²) in [5, 5.41) is 2.81. The number of nitrogens with two attached hydrogens (primary N) is 1. The van der Waals surface area contributed by atoms with Crippen LogP contribution in [0.3, 0.4) is 0 Å². The quantitative estimate of drug-likeness (QED) is 0.779. The van der Waals surface area contributed by atoms with Crippen molar-refractivity contribution in [1.82, 2.24) is 0 Å². The van der Waals surface area contributed by atoms with E-state index in [1.807, 2.05) is 0 Å². The van der Waals surface area contributed by atoms with Gasteiger partial charge in [-0.05, 0) is 36.8 Å². The van der Waals surface area contributed by atoms with Crippen molar-refractivity contribution in [3.63, 3.8) is 0 Å². The smallest absolute Gasteiger partial charge is 0.146 e. The van der Waals surface area contributed by atoms with Crippen molar-refractivity contribution in [2.45, 2.75) is 6.92 Å². The van der Waals surface area contributed by atoms with Crippen LogP contribution in [-0.4, -0.2) is 0 Å². The summed E-state index contributed by atoms with van der Waals surface area (Å²) in [7, 11) is 0. The van der Waals surface area contributed by atoms with Crippen LogP contribution in [0.4, 0.5) is 25.8 Å². The van der Waals surface area contributed by atoms with E-state index in [-0.39, 0.29) is 0 Å². The first-order chi connectivity index (χ1) is 8.08. The van der Waals surface area contributed by atoms with E-state index in [0.717, 1.165) is 5.56 Å². The zero-order valence-corrected chi connectivity index (χ0v) is 9.30. The van der Waals surface area contributed by atoms with Crippen molar-refractivity contribution in [2.24, 2.45) is 0 Å². The number of nitrogens with one attached hydrogen (secondary N) is 1. The highest BCUT2D eigenvalue weighted by molar-refractivity contribution is 5.74. The monoisotopic (exact) mass is 234 g/mol. The van der Waals surface area contributed by atoms with Crippen molar-refractivity contribution in [3.05, 3.63) is 53.6 Å². The molecule has 0 heterocycles. The van der Waals surface area contributed by atoms with Gasteiger partial charge in [0, 0.05) is 0 Å². The third-order valence-electron chi connectivity index (χ3n) is 2.50. The number of nitrogen functional groups attached to an aromatic ring is 1. The molecule has 0 amide bonds. The molecule has 0 spiro atoms. The van der Waals surface area contributed by atoms with Crippen LogP contribution in [0.2, 0.25) is 0 Å². The predicted octanol–water partition coefficient (Wildman–Crippen LogP) is 3.60. The van der Waals surface area contributed by atoms with E-state index in [1.165, 1.54) is 24.3 Å². The number of hydrogen-bond acceptors (Lipinski definition) is 2. The van der Waals surface area contributed by atoms with E-state index in [0.29, 0.717) is 17.1 Å². The van der Waals surface area contributed by atoms with Crippen molar-refractivity contribution in [1.29, 1.82) is 0 Å². The lowest BCUT2D eigenvalue weighted by molar-refractivity contribution is 0.626. The minimum atomic E-state index is -0.421. The van der Waals surface area contributed by atoms with E-state index in [1.54, 1.807) is 19.1 Å². The van der Waals surface area contributed by atoms with Crippen LogP contribution < -0.4 is 11.1 Å². The maximum Gasteiger partial charge on any atom is 0.146 e. The zero-order chi connectivity index (χ0) is 12.4. The van der Waals surface area contributed by atoms with E-state index < -0.39 is 11.6 Å². The normalized spacial score (nSPS) is 10.3. The number of anilines is 3. The van der Waals surface area contributed by atoms with E-state index in [4.69, 9.17) is 5.73 Å². The molecule has 2 rings (SSSR count). The van der Waals surface area contributed by atoms with Gasteiger partial charge in [-0.1, -0.05) is 12.1 Å². The van der Waals surface area contributed by atoms with Crippen LogP contribution in [0.25, 0.3) is 0 Å². The van der Waals surface area contributed by atoms with Crippen molar-refractivity contribution >= 4 is 17.1 Å². The topological polar surface area (TPSA) is 38.0 Å². The average molecular weight is 234 g/mol. The van der Waals surface area contributed by atoms with Crippen molar-refractivity contribution < 1.29 is 8.78 Å². The molecule has 0 saturated carbocycles. The van der Waals surface area contributed by atoms with Crippen LogP contribution >= 0.6 is 0 Å². The molecule has 17 heavy (non-hydrogen) atoms. The third-order valence-corrected chi connectivity index (χ3v) is 2.50. The lowest BCUT2D eigenvalue weighted by Crippen LogP contribution is -2.00. The largest absolute Gasteiger partial charge is 0.397 e. The van der Waals surface area contributed by atoms with Gasteiger partial charge < -0.3 is 11.1 Å². The molecule has 3 N–H and O–H groups in total. The Kier molecular flexibility index (Phi) is 2.95. The number of benzene rings is 2. The second-order valence-electron chi connectivity index (χ2n) is 3.79. The molecule has 0 unspecified atom stereocenters. The zero-order valence-electron chi connectivity index (χ0n) is 9.30. The molecule has 4 heteroatoms. The fraction of sp³-hybridized carbons (Fsp3) is 0.0769. The maximum atomic E-state index is 13.6. The molecular weight excluding hydrogens is 222 g/mol. The summed E-state index contributed by atoms with van der Waals surface area (Å²) in [5.74, 6) is -0.815. The molecule has 0 radical (unpaired) electrons. The predicted molar refractivity (Wildman–Crippen MR) is 65.2 cm³/mol. The minimum absolute atomic E-state index is 0.310. The van der Waals surface area contributed by atoms with Crippen molar-refractivity contribution in [2.75, 3.05) is 11.1 Å². The third kappa shape index (κ3) is 2.36. The van der Waals surface area contributed by atoms with Gasteiger partial charge in [0.25, 0.3) is 0 Å². The summed E-state index contributed by atoms with van der Waals surface area (Å²) >= 11 is 0. The second-order valence-corrected chi connectivity index (χ2v) is 3.79. The second kappa shape index (κ2) is 4.41. The van der Waals surface area contributed by atoms with Gasteiger partial charge in [-0.3, -0.25) is 0 Å². The van der Waals surface area contributed by atoms with Gasteiger partial charge in [0.1, 0.15) is 11.6 Å². The molecule has 0 atom stereocenters. The first-order valence-corrected chi connectivity index (χ1v) is 5.15. The molecule has 0 bridgehead atoms. The number of aryl methyl sites for hydroxylation is 1. The molecule has 2 nitrogen and oxygen atoms in total. The van der Waals surface area contributed by atoms with E-state index in [2.05, 4.69) is 5.32 Å². The molecule has 2 aromatic rings. The molecule has 0 aliphatic rings. The van der Waals surface area contributed by atoms with E-state index in [9.17, 15) is 8.78 Å². The Morgan fingerprint density at radius 1 is 1.12 bits per heavy atom. The number of hydrogen-bond donors (Lipinski definition) is 2. The highest BCUT2D eigenvalue weighted by Crippen LogP contribution is 2.27. The van der Waals surface area contributed by atoms with Gasteiger partial charge in [-0.15, -0.1) is 0 Å². The minimum Gasteiger partial charge on any atom is -0.397 e. The Morgan fingerprint density at radius 2 is 1.88 bits per heavy atom. The lowest BCUT2D eigenvalue weighted by atomic mass is 10.1. The van der Waals surface area contributed by atoms with Gasteiger partial charge in [0.05, 0.1) is 17.1 Å². The number of halogens is 2. The molecule has 0 aliphatic heterocycles. The molecule has 2 aromatic carbocycles. The van der Waals surface area contributed by atoms with Gasteiger partial charge in [0.15, 0.2) is 0 Å². The summed E-state index contributed by atoms with van der Waals surface area (Å²) in [6.07, 6.45) is 0. The van der Waals surface area contributed by atoms with Gasteiger partial charge in [-0.2, -0.15) is 0 Å². The highest BCUT2D eigenvalue weighted by Gasteiger charge is 2.07. The summed E-state index contributed by atoms with van der Waals surface area (Å²) in [4.78, 5) is 0. The standard InChI is InChI=1S/C13H12F2N2/c1-8-3-2-4-10(15)13(8)17-12-7-9(14)5-6-11(12)16/h2-7,17H,16H2,1H3. The maximum absolute atomic E-state index is 13.6. The Hall–Kier alpha value is -2.10. The molecule has 0 aliphatic carbocycles. The van der Waals surface area contributed by atoms with Gasteiger partial charge >= 0.3 is 0 Å². The van der Waals surface area contributed by atoms with Crippen molar-refractivity contribution in [3.8, 4) is 0 Å². The average Bonchev–Trinajstić information content (AvgIpc) is 2.28. The summed E-state index contributed by atoms with van der Waals surface area (Å²) < 4.78 is 26.6. The van der Waals surface area contributed by atoms with Crippen LogP contribution in [0, 0.1) is 18.6 Å². The molecule has 88 valence electrons. The number of para-hydroxylation sites is 1. The fourth-order valence-electron chi connectivity index (χ4n) is 1.56. The molecule has 0 fully saturated rings. The lowest BCUT2D eigenvalue weighted by Gasteiger charge is -2.12. The summed E-state index contributed by atoms with van der Waals surface area (Å²) in [6.45, 7) is 1.76. The molecular formula is C13H12F2N2. The van der Waals surface area contributed by atoms with Gasteiger partial charge in [0.2, 0.25) is 0 Å². The SMILES string of the molecule is Cc1cccc(F)c1Nc1cc(F)ccc1N. The van der Waals surface area contributed by atoms with E-state index >= 15 is 0 Å². The Labute approximate surface area is 98.1 Å². The Bertz CT molecular complexity index is 533. The highest BCUT2D eigenvalue weighted by atomic mass is 19.1. The fourth-order valence-corrected chi connectivity index (χ4v) is 1.56. The van der Waals surface area contributed by atoms with Crippen LogP contribution in [0.15, 0.2) is 36.4 Å². The van der Waals surface area contributed by atoms with Crippen LogP contribution in [0.5, 0.6) is 0 Å². The molecule has 0 saturated heterocycles. The summed E-state index contributed by atoms with van der Waals surface area (Å²) in [6, 6.07) is 8.65. The first kappa shape index (κ1) is 11.4. The van der Waals surface area contributed by atoms with Crippen LogP contribution in [0.1, 0.15) is 5.56 Å². The summed E-state index contributed by atoms with van der Waals surface area (Å²) in [5.41, 5.74) is 7.45.